The molecule has 2 rings (SSSR count). The molecule has 132 valence electrons. The molecular formula is C19H20F2N2O2. The zero-order valence-electron chi connectivity index (χ0n) is 14.1. The number of hydrogen-bond acceptors (Lipinski definition) is 2. The number of rotatable bonds is 6. The minimum absolute atomic E-state index is 0.0650. The van der Waals surface area contributed by atoms with Gasteiger partial charge in [-0.25, -0.2) is 8.78 Å². The van der Waals surface area contributed by atoms with Crippen molar-refractivity contribution < 1.29 is 18.4 Å². The van der Waals surface area contributed by atoms with Gasteiger partial charge in [-0.15, -0.1) is 0 Å². The highest BCUT2D eigenvalue weighted by Gasteiger charge is 2.21. The van der Waals surface area contributed by atoms with Gasteiger partial charge < -0.3 is 10.2 Å². The second-order valence-electron chi connectivity index (χ2n) is 5.69. The Morgan fingerprint density at radius 1 is 1.04 bits per heavy atom. The van der Waals surface area contributed by atoms with Crippen molar-refractivity contribution in [3.63, 3.8) is 0 Å². The molecule has 0 spiro atoms. The molecule has 6 heteroatoms. The number of para-hydroxylation sites is 1. The Hall–Kier alpha value is -2.76. The van der Waals surface area contributed by atoms with Crippen LogP contribution < -0.4 is 10.2 Å². The molecule has 1 N–H and O–H groups in total. The number of anilines is 1. The van der Waals surface area contributed by atoms with E-state index in [1.54, 1.807) is 0 Å². The number of carbonyl (C=O) groups excluding carboxylic acids is 2. The lowest BCUT2D eigenvalue weighted by Gasteiger charge is -2.22. The topological polar surface area (TPSA) is 49.4 Å². The van der Waals surface area contributed by atoms with Crippen LogP contribution in [0.3, 0.4) is 0 Å². The minimum Gasteiger partial charge on any atom is -0.350 e. The molecule has 0 aliphatic heterocycles. The monoisotopic (exact) mass is 346 g/mol. The lowest BCUT2D eigenvalue weighted by atomic mass is 10.1. The first-order chi connectivity index (χ1) is 11.9. The van der Waals surface area contributed by atoms with Gasteiger partial charge in [0, 0.05) is 19.9 Å². The van der Waals surface area contributed by atoms with Gasteiger partial charge in [0.1, 0.15) is 17.3 Å². The molecule has 0 saturated heterocycles. The van der Waals surface area contributed by atoms with E-state index < -0.39 is 23.2 Å². The number of nitrogens with one attached hydrogen (secondary N) is 1. The van der Waals surface area contributed by atoms with Gasteiger partial charge in [0.05, 0.1) is 6.04 Å². The van der Waals surface area contributed by atoms with Crippen LogP contribution in [-0.2, 0) is 9.59 Å². The fourth-order valence-electron chi connectivity index (χ4n) is 2.53. The van der Waals surface area contributed by atoms with Crippen LogP contribution in [0.4, 0.5) is 14.5 Å². The summed E-state index contributed by atoms with van der Waals surface area (Å²) in [6.45, 7) is 2.93. The molecular weight excluding hydrogens is 326 g/mol. The van der Waals surface area contributed by atoms with E-state index in [-0.39, 0.29) is 24.9 Å². The third kappa shape index (κ3) is 4.86. The highest BCUT2D eigenvalue weighted by molar-refractivity contribution is 5.92. The van der Waals surface area contributed by atoms with Gasteiger partial charge in [0.2, 0.25) is 11.8 Å². The van der Waals surface area contributed by atoms with Crippen LogP contribution >= 0.6 is 0 Å². The van der Waals surface area contributed by atoms with Gasteiger partial charge in [0.25, 0.3) is 0 Å². The van der Waals surface area contributed by atoms with Crippen molar-refractivity contribution in [3.05, 3.63) is 65.7 Å². The summed E-state index contributed by atoms with van der Waals surface area (Å²) in [4.78, 5) is 24.8. The molecule has 0 aliphatic carbocycles. The van der Waals surface area contributed by atoms with Crippen molar-refractivity contribution in [1.82, 2.24) is 5.32 Å². The molecule has 1 atom stereocenters. The molecule has 0 saturated carbocycles. The smallest absolute Gasteiger partial charge is 0.224 e. The van der Waals surface area contributed by atoms with Crippen LogP contribution in [0.1, 0.15) is 31.9 Å². The number of halogens is 2. The summed E-state index contributed by atoms with van der Waals surface area (Å²) in [5, 5.41) is 2.81. The highest BCUT2D eigenvalue weighted by atomic mass is 19.1. The Morgan fingerprint density at radius 2 is 1.64 bits per heavy atom. The number of nitrogens with zero attached hydrogens (tertiary/aromatic N) is 1. The Labute approximate surface area is 145 Å². The maximum absolute atomic E-state index is 13.9. The fourth-order valence-corrected chi connectivity index (χ4v) is 2.53. The van der Waals surface area contributed by atoms with Crippen LogP contribution in [0.5, 0.6) is 0 Å². The molecule has 2 amide bonds. The molecule has 0 aromatic heterocycles. The average molecular weight is 346 g/mol. The first-order valence-corrected chi connectivity index (χ1v) is 7.96. The first kappa shape index (κ1) is 18.6. The predicted molar refractivity (Wildman–Crippen MR) is 92.0 cm³/mol. The van der Waals surface area contributed by atoms with E-state index in [9.17, 15) is 18.4 Å². The van der Waals surface area contributed by atoms with Gasteiger partial charge in [-0.05, 0) is 24.6 Å². The summed E-state index contributed by atoms with van der Waals surface area (Å²) in [7, 11) is 0. The molecule has 1 unspecified atom stereocenters. The van der Waals surface area contributed by atoms with Gasteiger partial charge in [-0.2, -0.15) is 0 Å². The van der Waals surface area contributed by atoms with E-state index in [2.05, 4.69) is 5.32 Å². The lowest BCUT2D eigenvalue weighted by Crippen LogP contribution is -2.35. The molecule has 2 aromatic rings. The van der Waals surface area contributed by atoms with Gasteiger partial charge in [0.15, 0.2) is 0 Å². The summed E-state index contributed by atoms with van der Waals surface area (Å²) in [5.41, 5.74) is 0.512. The zero-order chi connectivity index (χ0) is 18.4. The number of hydrogen-bond donors (Lipinski definition) is 1. The van der Waals surface area contributed by atoms with Crippen molar-refractivity contribution in [2.24, 2.45) is 0 Å². The maximum atomic E-state index is 13.9. The molecule has 0 aliphatic rings. The van der Waals surface area contributed by atoms with Crippen LogP contribution in [0.25, 0.3) is 0 Å². The Kier molecular flexibility index (Phi) is 6.22. The molecule has 0 bridgehead atoms. The molecule has 0 heterocycles. The van der Waals surface area contributed by atoms with E-state index >= 15 is 0 Å². The van der Waals surface area contributed by atoms with Crippen molar-refractivity contribution in [2.75, 3.05) is 11.4 Å². The average Bonchev–Trinajstić information content (AvgIpc) is 2.57. The SMILES string of the molecule is CC(=O)N(CCC(=O)NC(C)c1ccccc1)c1c(F)cccc1F. The predicted octanol–water partition coefficient (Wildman–Crippen LogP) is 3.59. The lowest BCUT2D eigenvalue weighted by molar-refractivity contribution is -0.121. The largest absolute Gasteiger partial charge is 0.350 e. The maximum Gasteiger partial charge on any atom is 0.224 e. The summed E-state index contributed by atoms with van der Waals surface area (Å²) in [6, 6.07) is 12.6. The van der Waals surface area contributed by atoms with Crippen LogP contribution in [-0.4, -0.2) is 18.4 Å². The third-order valence-electron chi connectivity index (χ3n) is 3.83. The summed E-state index contributed by atoms with van der Waals surface area (Å²) in [5.74, 6) is -2.52. The Balaban J connectivity index is 2.02. The van der Waals surface area contributed by atoms with E-state index in [0.717, 1.165) is 22.6 Å². The number of amides is 2. The van der Waals surface area contributed by atoms with E-state index in [1.165, 1.54) is 13.0 Å². The van der Waals surface area contributed by atoms with Crippen molar-refractivity contribution in [2.45, 2.75) is 26.3 Å². The van der Waals surface area contributed by atoms with Crippen molar-refractivity contribution >= 4 is 17.5 Å². The molecule has 25 heavy (non-hydrogen) atoms. The Morgan fingerprint density at radius 3 is 2.20 bits per heavy atom. The van der Waals surface area contributed by atoms with Crippen LogP contribution in [0.15, 0.2) is 48.5 Å². The van der Waals surface area contributed by atoms with Crippen molar-refractivity contribution in [1.29, 1.82) is 0 Å². The standard InChI is InChI=1S/C19H20F2N2O2/c1-13(15-7-4-3-5-8-15)22-18(25)11-12-23(14(2)24)19-16(20)9-6-10-17(19)21/h3-10,13H,11-12H2,1-2H3,(H,22,25). The second kappa shape index (κ2) is 8.37. The van der Waals surface area contributed by atoms with E-state index in [1.807, 2.05) is 37.3 Å². The third-order valence-corrected chi connectivity index (χ3v) is 3.83. The zero-order valence-corrected chi connectivity index (χ0v) is 14.1. The molecule has 0 fully saturated rings. The number of carbonyl (C=O) groups is 2. The fraction of sp³-hybridized carbons (Fsp3) is 0.263. The second-order valence-corrected chi connectivity index (χ2v) is 5.69. The minimum atomic E-state index is -0.840. The van der Waals surface area contributed by atoms with Gasteiger partial charge >= 0.3 is 0 Å². The highest BCUT2D eigenvalue weighted by Crippen LogP contribution is 2.23. The summed E-state index contributed by atoms with van der Waals surface area (Å²) in [6.07, 6.45) is -0.0650. The first-order valence-electron chi connectivity index (χ1n) is 7.96. The van der Waals surface area contributed by atoms with Crippen LogP contribution in [0.2, 0.25) is 0 Å². The van der Waals surface area contributed by atoms with Crippen molar-refractivity contribution in [3.8, 4) is 0 Å². The van der Waals surface area contributed by atoms with Gasteiger partial charge in [-0.1, -0.05) is 36.4 Å². The Bertz CT molecular complexity index is 730. The van der Waals surface area contributed by atoms with E-state index in [4.69, 9.17) is 0 Å². The van der Waals surface area contributed by atoms with E-state index in [0.29, 0.717) is 0 Å². The molecule has 4 nitrogen and oxygen atoms in total. The quantitative estimate of drug-likeness (QED) is 0.869. The number of benzene rings is 2. The van der Waals surface area contributed by atoms with Crippen LogP contribution in [0, 0.1) is 11.6 Å². The summed E-state index contributed by atoms with van der Waals surface area (Å²) < 4.78 is 27.8. The normalized spacial score (nSPS) is 11.7. The van der Waals surface area contributed by atoms with Gasteiger partial charge in [-0.3, -0.25) is 9.59 Å². The summed E-state index contributed by atoms with van der Waals surface area (Å²) >= 11 is 0. The molecule has 2 aromatic carbocycles. The molecule has 0 radical (unpaired) electrons.